The van der Waals surface area contributed by atoms with Gasteiger partial charge in [-0.15, -0.1) is 11.3 Å². The average molecular weight is 295 g/mol. The van der Waals surface area contributed by atoms with Crippen LogP contribution >= 0.6 is 22.9 Å². The van der Waals surface area contributed by atoms with Crippen molar-refractivity contribution in [2.24, 2.45) is 0 Å². The maximum Gasteiger partial charge on any atom is 0.251 e. The van der Waals surface area contributed by atoms with Crippen LogP contribution in [0, 0.1) is 0 Å². The Labute approximate surface area is 121 Å². The van der Waals surface area contributed by atoms with Crippen molar-refractivity contribution < 1.29 is 4.79 Å². The first-order chi connectivity index (χ1) is 9.10. The second-order valence-electron chi connectivity index (χ2n) is 4.16. The van der Waals surface area contributed by atoms with Crippen LogP contribution in [0.1, 0.15) is 28.2 Å². The van der Waals surface area contributed by atoms with E-state index in [1.54, 1.807) is 12.1 Å². The monoisotopic (exact) mass is 294 g/mol. The van der Waals surface area contributed by atoms with E-state index in [-0.39, 0.29) is 11.9 Å². The second kappa shape index (κ2) is 6.08. The highest BCUT2D eigenvalue weighted by molar-refractivity contribution is 7.16. The van der Waals surface area contributed by atoms with Crippen molar-refractivity contribution in [3.63, 3.8) is 0 Å². The molecule has 5 heteroatoms. The van der Waals surface area contributed by atoms with Crippen molar-refractivity contribution in [1.29, 1.82) is 0 Å². The van der Waals surface area contributed by atoms with Crippen LogP contribution in [-0.2, 0) is 0 Å². The summed E-state index contributed by atoms with van der Waals surface area (Å²) in [5.74, 6) is -0.0836. The molecule has 0 aliphatic rings. The molecule has 0 saturated heterocycles. The fourth-order valence-electron chi connectivity index (χ4n) is 1.70. The summed E-state index contributed by atoms with van der Waals surface area (Å²) >= 11 is 7.37. The van der Waals surface area contributed by atoms with Crippen LogP contribution < -0.4 is 10.6 Å². The number of nitrogens with one attached hydrogen (secondary N) is 2. The highest BCUT2D eigenvalue weighted by atomic mass is 35.5. The molecule has 0 aliphatic heterocycles. The first-order valence-corrected chi connectivity index (χ1v) is 7.13. The van der Waals surface area contributed by atoms with Gasteiger partial charge in [0.25, 0.3) is 5.91 Å². The Hall–Kier alpha value is -1.52. The lowest BCUT2D eigenvalue weighted by Crippen LogP contribution is -2.26. The summed E-state index contributed by atoms with van der Waals surface area (Å²) < 4.78 is 0.731. The van der Waals surface area contributed by atoms with E-state index in [0.29, 0.717) is 5.56 Å². The minimum Gasteiger partial charge on any atom is -0.388 e. The summed E-state index contributed by atoms with van der Waals surface area (Å²) in [4.78, 5) is 13.1. The SMILES string of the molecule is CNc1ccc(C(=O)NC(C)c2ccc(Cl)s2)cc1. The summed E-state index contributed by atoms with van der Waals surface area (Å²) in [6.07, 6.45) is 0. The van der Waals surface area contributed by atoms with Crippen molar-refractivity contribution in [3.05, 3.63) is 51.2 Å². The van der Waals surface area contributed by atoms with E-state index >= 15 is 0 Å². The zero-order chi connectivity index (χ0) is 13.8. The first-order valence-electron chi connectivity index (χ1n) is 5.94. The number of carbonyl (C=O) groups excluding carboxylic acids is 1. The molecule has 2 rings (SSSR count). The van der Waals surface area contributed by atoms with Gasteiger partial charge >= 0.3 is 0 Å². The molecule has 2 aromatic rings. The predicted molar refractivity (Wildman–Crippen MR) is 81.2 cm³/mol. The maximum absolute atomic E-state index is 12.1. The van der Waals surface area contributed by atoms with E-state index < -0.39 is 0 Å². The Kier molecular flexibility index (Phi) is 4.45. The molecule has 1 amide bonds. The molecule has 3 nitrogen and oxygen atoms in total. The van der Waals surface area contributed by atoms with Gasteiger partial charge in [-0.3, -0.25) is 4.79 Å². The molecule has 0 aliphatic carbocycles. The first kappa shape index (κ1) is 13.9. The smallest absolute Gasteiger partial charge is 0.251 e. The molecule has 1 aromatic heterocycles. The largest absolute Gasteiger partial charge is 0.388 e. The molecular formula is C14H15ClN2OS. The Morgan fingerprint density at radius 1 is 1.21 bits per heavy atom. The third-order valence-corrected chi connectivity index (χ3v) is 4.22. The highest BCUT2D eigenvalue weighted by Gasteiger charge is 2.12. The normalized spacial score (nSPS) is 11.9. The van der Waals surface area contributed by atoms with Gasteiger partial charge in [-0.1, -0.05) is 11.6 Å². The van der Waals surface area contributed by atoms with Crippen molar-refractivity contribution in [1.82, 2.24) is 5.32 Å². The number of halogens is 1. The number of hydrogen-bond acceptors (Lipinski definition) is 3. The minimum absolute atomic E-state index is 0.0472. The van der Waals surface area contributed by atoms with Gasteiger partial charge in [0, 0.05) is 23.2 Å². The van der Waals surface area contributed by atoms with Crippen molar-refractivity contribution in [2.75, 3.05) is 12.4 Å². The van der Waals surface area contributed by atoms with E-state index in [1.165, 1.54) is 11.3 Å². The van der Waals surface area contributed by atoms with Gasteiger partial charge in [0.05, 0.1) is 10.4 Å². The standard InChI is InChI=1S/C14H15ClN2OS/c1-9(12-7-8-13(15)19-12)17-14(18)10-3-5-11(16-2)6-4-10/h3-9,16H,1-2H3,(H,17,18). The molecule has 0 bridgehead atoms. The zero-order valence-electron chi connectivity index (χ0n) is 10.7. The fraction of sp³-hybridized carbons (Fsp3) is 0.214. The van der Waals surface area contributed by atoms with Gasteiger partial charge in [-0.2, -0.15) is 0 Å². The molecule has 0 radical (unpaired) electrons. The van der Waals surface area contributed by atoms with Gasteiger partial charge in [0.1, 0.15) is 0 Å². The Bertz CT molecular complexity index is 565. The number of hydrogen-bond donors (Lipinski definition) is 2. The van der Waals surface area contributed by atoms with Crippen molar-refractivity contribution in [2.45, 2.75) is 13.0 Å². The number of amides is 1. The van der Waals surface area contributed by atoms with E-state index in [1.807, 2.05) is 38.2 Å². The quantitative estimate of drug-likeness (QED) is 0.897. The van der Waals surface area contributed by atoms with Crippen LogP contribution in [0.4, 0.5) is 5.69 Å². The molecule has 1 unspecified atom stereocenters. The number of rotatable bonds is 4. The molecule has 0 spiro atoms. The lowest BCUT2D eigenvalue weighted by Gasteiger charge is -2.12. The second-order valence-corrected chi connectivity index (χ2v) is 5.91. The summed E-state index contributed by atoms with van der Waals surface area (Å²) in [6.45, 7) is 1.95. The molecule has 1 aromatic carbocycles. The Morgan fingerprint density at radius 3 is 2.42 bits per heavy atom. The summed E-state index contributed by atoms with van der Waals surface area (Å²) in [6, 6.07) is 11.1. The summed E-state index contributed by atoms with van der Waals surface area (Å²) in [5.41, 5.74) is 1.63. The minimum atomic E-state index is -0.0836. The van der Waals surface area contributed by atoms with Crippen LogP contribution in [0.2, 0.25) is 4.34 Å². The van der Waals surface area contributed by atoms with Gasteiger partial charge < -0.3 is 10.6 Å². The van der Waals surface area contributed by atoms with Crippen LogP contribution in [0.5, 0.6) is 0 Å². The van der Waals surface area contributed by atoms with Gasteiger partial charge in [-0.25, -0.2) is 0 Å². The van der Waals surface area contributed by atoms with E-state index in [9.17, 15) is 4.79 Å². The van der Waals surface area contributed by atoms with E-state index in [2.05, 4.69) is 10.6 Å². The molecule has 0 saturated carbocycles. The topological polar surface area (TPSA) is 41.1 Å². The molecule has 100 valence electrons. The molecule has 2 N–H and O–H groups in total. The Morgan fingerprint density at radius 2 is 1.89 bits per heavy atom. The number of benzene rings is 1. The maximum atomic E-state index is 12.1. The molecule has 19 heavy (non-hydrogen) atoms. The average Bonchev–Trinajstić information content (AvgIpc) is 2.85. The third-order valence-electron chi connectivity index (χ3n) is 2.80. The van der Waals surface area contributed by atoms with Gasteiger partial charge in [-0.05, 0) is 43.3 Å². The van der Waals surface area contributed by atoms with E-state index in [0.717, 1.165) is 14.9 Å². The van der Waals surface area contributed by atoms with Gasteiger partial charge in [0.2, 0.25) is 0 Å². The summed E-state index contributed by atoms with van der Waals surface area (Å²) in [7, 11) is 1.84. The molecule has 1 atom stereocenters. The van der Waals surface area contributed by atoms with Gasteiger partial charge in [0.15, 0.2) is 0 Å². The third kappa shape index (κ3) is 3.49. The fourth-order valence-corrected chi connectivity index (χ4v) is 2.76. The summed E-state index contributed by atoms with van der Waals surface area (Å²) in [5, 5.41) is 5.97. The van der Waals surface area contributed by atoms with Crippen molar-refractivity contribution >= 4 is 34.5 Å². The van der Waals surface area contributed by atoms with Crippen molar-refractivity contribution in [3.8, 4) is 0 Å². The molecule has 1 heterocycles. The van der Waals surface area contributed by atoms with Crippen LogP contribution in [-0.4, -0.2) is 13.0 Å². The molecule has 0 fully saturated rings. The zero-order valence-corrected chi connectivity index (χ0v) is 12.3. The highest BCUT2D eigenvalue weighted by Crippen LogP contribution is 2.26. The predicted octanol–water partition coefficient (Wildman–Crippen LogP) is 3.93. The Balaban J connectivity index is 2.03. The number of carbonyl (C=O) groups is 1. The molecular weight excluding hydrogens is 280 g/mol. The lowest BCUT2D eigenvalue weighted by atomic mass is 10.1. The van der Waals surface area contributed by atoms with E-state index in [4.69, 9.17) is 11.6 Å². The lowest BCUT2D eigenvalue weighted by molar-refractivity contribution is 0.0940. The van der Waals surface area contributed by atoms with Crippen LogP contribution in [0.25, 0.3) is 0 Å². The van der Waals surface area contributed by atoms with Crippen LogP contribution in [0.15, 0.2) is 36.4 Å². The van der Waals surface area contributed by atoms with Crippen LogP contribution in [0.3, 0.4) is 0 Å². The number of anilines is 1. The number of thiophene rings is 1.